The monoisotopic (exact) mass is 468 g/mol. The highest BCUT2D eigenvalue weighted by atomic mass is 19.2. The summed E-state index contributed by atoms with van der Waals surface area (Å²) in [4.78, 5) is 0. The van der Waals surface area contributed by atoms with Crippen LogP contribution in [0, 0.1) is 17.5 Å². The molecule has 1 fully saturated rings. The first kappa shape index (κ1) is 24.0. The third kappa shape index (κ3) is 5.18. The van der Waals surface area contributed by atoms with Crippen LogP contribution >= 0.6 is 0 Å². The molecule has 0 aliphatic carbocycles. The van der Waals surface area contributed by atoms with Crippen molar-refractivity contribution in [2.75, 3.05) is 19.8 Å². The quantitative estimate of drug-likeness (QED) is 0.326. The van der Waals surface area contributed by atoms with E-state index in [9.17, 15) is 13.2 Å². The maximum Gasteiger partial charge on any atom is 0.201 e. The van der Waals surface area contributed by atoms with E-state index in [1.165, 1.54) is 24.3 Å². The highest BCUT2D eigenvalue weighted by Crippen LogP contribution is 2.33. The van der Waals surface area contributed by atoms with Crippen LogP contribution in [0.3, 0.4) is 0 Å². The molecule has 0 saturated carbocycles. The van der Waals surface area contributed by atoms with Crippen molar-refractivity contribution in [3.63, 3.8) is 0 Å². The molecule has 0 radical (unpaired) electrons. The van der Waals surface area contributed by atoms with Crippen LogP contribution in [-0.2, 0) is 9.47 Å². The van der Waals surface area contributed by atoms with Crippen LogP contribution in [0.25, 0.3) is 22.3 Å². The zero-order chi connectivity index (χ0) is 24.1. The molecule has 178 valence electrons. The lowest BCUT2D eigenvalue weighted by Gasteiger charge is -2.29. The molecule has 3 nitrogen and oxygen atoms in total. The molecule has 1 aliphatic heterocycles. The molecule has 0 unspecified atom stereocenters. The van der Waals surface area contributed by atoms with E-state index in [2.05, 4.69) is 13.5 Å². The lowest BCUT2D eigenvalue weighted by Crippen LogP contribution is -2.30. The Hall–Kier alpha value is -3.09. The van der Waals surface area contributed by atoms with Crippen molar-refractivity contribution in [1.82, 2.24) is 0 Å². The summed E-state index contributed by atoms with van der Waals surface area (Å²) in [7, 11) is 0. The first-order valence-electron chi connectivity index (χ1n) is 11.4. The predicted molar refractivity (Wildman–Crippen MR) is 126 cm³/mol. The van der Waals surface area contributed by atoms with E-state index in [-0.39, 0.29) is 35.9 Å². The van der Waals surface area contributed by atoms with Gasteiger partial charge in [-0.05, 0) is 41.3 Å². The van der Waals surface area contributed by atoms with Crippen LogP contribution in [-0.4, -0.2) is 26.1 Å². The number of ether oxygens (including phenoxy) is 3. The number of hydrogen-bond acceptors (Lipinski definition) is 3. The summed E-state index contributed by atoms with van der Waals surface area (Å²) in [5.41, 5.74) is 2.47. The Balaban J connectivity index is 1.50. The molecule has 34 heavy (non-hydrogen) atoms. The smallest absolute Gasteiger partial charge is 0.201 e. The molecular weight excluding hydrogens is 441 g/mol. The van der Waals surface area contributed by atoms with Crippen molar-refractivity contribution in [3.05, 3.63) is 90.3 Å². The van der Waals surface area contributed by atoms with E-state index in [1.54, 1.807) is 30.3 Å². The first-order valence-corrected chi connectivity index (χ1v) is 11.4. The van der Waals surface area contributed by atoms with Gasteiger partial charge in [-0.25, -0.2) is 8.78 Å². The topological polar surface area (TPSA) is 27.7 Å². The average Bonchev–Trinajstić information content (AvgIpc) is 2.86. The van der Waals surface area contributed by atoms with E-state index >= 15 is 0 Å². The van der Waals surface area contributed by atoms with Gasteiger partial charge in [-0.3, -0.25) is 0 Å². The summed E-state index contributed by atoms with van der Waals surface area (Å²) in [6.07, 6.45) is 3.10. The molecule has 0 aromatic heterocycles. The number of hydrogen-bond donors (Lipinski definition) is 0. The van der Waals surface area contributed by atoms with Crippen LogP contribution in [0.1, 0.15) is 31.2 Å². The lowest BCUT2D eigenvalue weighted by atomic mass is 9.95. The minimum Gasteiger partial charge on any atom is -0.486 e. The van der Waals surface area contributed by atoms with Crippen LogP contribution < -0.4 is 4.74 Å². The van der Waals surface area contributed by atoms with Gasteiger partial charge < -0.3 is 14.2 Å². The molecule has 3 aromatic rings. The highest BCUT2D eigenvalue weighted by Gasteiger charge is 2.24. The maximum atomic E-state index is 15.0. The summed E-state index contributed by atoms with van der Waals surface area (Å²) in [5, 5.41) is 0. The standard InChI is InChI=1S/C28H27F3O3/c1-3-5-26-33-16-21(17-34-26)20-10-11-22(24(29)15-20)18-6-8-19(9-7-18)23-12-13-25(32-14-4-2)28(31)27(23)30/h4,6-13,15,21,26H,2-3,5,14,16-17H2,1H3. The predicted octanol–water partition coefficient (Wildman–Crippen LogP) is 7.26. The maximum absolute atomic E-state index is 15.0. The fourth-order valence-electron chi connectivity index (χ4n) is 4.00. The van der Waals surface area contributed by atoms with Crippen LogP contribution in [0.4, 0.5) is 13.2 Å². The van der Waals surface area contributed by atoms with Crippen molar-refractivity contribution in [2.24, 2.45) is 0 Å². The first-order chi connectivity index (χ1) is 16.5. The van der Waals surface area contributed by atoms with E-state index in [4.69, 9.17) is 14.2 Å². The van der Waals surface area contributed by atoms with Crippen molar-refractivity contribution in [2.45, 2.75) is 32.0 Å². The van der Waals surface area contributed by atoms with Gasteiger partial charge >= 0.3 is 0 Å². The number of rotatable bonds is 8. The van der Waals surface area contributed by atoms with Gasteiger partial charge in [-0.2, -0.15) is 4.39 Å². The van der Waals surface area contributed by atoms with Gasteiger partial charge in [0.2, 0.25) is 5.82 Å². The fraction of sp³-hybridized carbons (Fsp3) is 0.286. The van der Waals surface area contributed by atoms with Gasteiger partial charge in [0.05, 0.1) is 13.2 Å². The van der Waals surface area contributed by atoms with Gasteiger partial charge in [0, 0.05) is 17.0 Å². The summed E-state index contributed by atoms with van der Waals surface area (Å²) in [5.74, 6) is -2.60. The third-order valence-electron chi connectivity index (χ3n) is 5.87. The van der Waals surface area contributed by atoms with E-state index < -0.39 is 11.6 Å². The van der Waals surface area contributed by atoms with Gasteiger partial charge in [0.1, 0.15) is 12.4 Å². The molecule has 1 heterocycles. The Morgan fingerprint density at radius 2 is 1.56 bits per heavy atom. The molecule has 1 saturated heterocycles. The van der Waals surface area contributed by atoms with E-state index in [0.29, 0.717) is 29.9 Å². The van der Waals surface area contributed by atoms with Crippen molar-refractivity contribution in [3.8, 4) is 28.0 Å². The average molecular weight is 469 g/mol. The highest BCUT2D eigenvalue weighted by molar-refractivity contribution is 5.71. The van der Waals surface area contributed by atoms with Gasteiger partial charge in [0.15, 0.2) is 17.9 Å². The molecule has 0 spiro atoms. The Morgan fingerprint density at radius 1 is 0.912 bits per heavy atom. The molecule has 0 amide bonds. The SMILES string of the molecule is C=CCOc1ccc(-c2ccc(-c3ccc(C4COC(CCC)OC4)cc3F)cc2)c(F)c1F. The Kier molecular flexibility index (Phi) is 7.70. The van der Waals surface area contributed by atoms with Crippen molar-refractivity contribution < 1.29 is 27.4 Å². The molecule has 6 heteroatoms. The molecule has 4 rings (SSSR count). The minimum absolute atomic E-state index is 0.0182. The van der Waals surface area contributed by atoms with Crippen LogP contribution in [0.15, 0.2) is 67.3 Å². The third-order valence-corrected chi connectivity index (χ3v) is 5.87. The summed E-state index contributed by atoms with van der Waals surface area (Å²) in [6.45, 7) is 6.64. The zero-order valence-corrected chi connectivity index (χ0v) is 19.0. The lowest BCUT2D eigenvalue weighted by molar-refractivity contribution is -0.189. The number of halogens is 3. The Bertz CT molecular complexity index is 1140. The molecule has 1 aliphatic rings. The molecule has 0 N–H and O–H groups in total. The van der Waals surface area contributed by atoms with Gasteiger partial charge in [-0.15, -0.1) is 0 Å². The second kappa shape index (κ2) is 10.9. The second-order valence-electron chi connectivity index (χ2n) is 8.24. The van der Waals surface area contributed by atoms with Gasteiger partial charge in [0.25, 0.3) is 0 Å². The van der Waals surface area contributed by atoms with E-state index in [1.807, 2.05) is 6.07 Å². The minimum atomic E-state index is -1.05. The second-order valence-corrected chi connectivity index (χ2v) is 8.24. The number of benzene rings is 3. The van der Waals surface area contributed by atoms with Crippen LogP contribution in [0.2, 0.25) is 0 Å². The molecule has 0 bridgehead atoms. The molecule has 0 atom stereocenters. The van der Waals surface area contributed by atoms with Crippen molar-refractivity contribution in [1.29, 1.82) is 0 Å². The van der Waals surface area contributed by atoms with Gasteiger partial charge in [-0.1, -0.05) is 62.4 Å². The normalized spacial score (nSPS) is 18.0. The van der Waals surface area contributed by atoms with Crippen molar-refractivity contribution >= 4 is 0 Å². The zero-order valence-electron chi connectivity index (χ0n) is 19.0. The largest absolute Gasteiger partial charge is 0.486 e. The fourth-order valence-corrected chi connectivity index (χ4v) is 4.00. The summed E-state index contributed by atoms with van der Waals surface area (Å²) >= 11 is 0. The Labute approximate surface area is 197 Å². The van der Waals surface area contributed by atoms with Crippen LogP contribution in [0.5, 0.6) is 5.75 Å². The molecular formula is C28H27F3O3. The summed E-state index contributed by atoms with van der Waals surface area (Å²) < 4.78 is 60.4. The Morgan fingerprint density at radius 3 is 2.18 bits per heavy atom. The van der Waals surface area contributed by atoms with E-state index in [0.717, 1.165) is 18.4 Å². The summed E-state index contributed by atoms with van der Waals surface area (Å²) in [6, 6.07) is 14.6. The molecule has 3 aromatic carbocycles.